The van der Waals surface area contributed by atoms with Crippen LogP contribution in [0.4, 0.5) is 5.69 Å². The summed E-state index contributed by atoms with van der Waals surface area (Å²) >= 11 is 5.67. The van der Waals surface area contributed by atoms with Crippen molar-refractivity contribution in [1.82, 2.24) is 9.97 Å². The minimum absolute atomic E-state index is 0.315. The molecule has 0 unspecified atom stereocenters. The van der Waals surface area contributed by atoms with Gasteiger partial charge in [-0.1, -0.05) is 22.8 Å². The Morgan fingerprint density at radius 1 is 1.36 bits per heavy atom. The number of hydrogen-bond donors (Lipinski definition) is 0. The number of halogens is 1. The third-order valence-electron chi connectivity index (χ3n) is 1.66. The van der Waals surface area contributed by atoms with E-state index in [1.807, 2.05) is 0 Å². The van der Waals surface area contributed by atoms with Gasteiger partial charge in [0.25, 0.3) is 0 Å². The lowest BCUT2D eigenvalue weighted by Crippen LogP contribution is -1.82. The average molecular weight is 206 g/mol. The Hall–Kier alpha value is -1.84. The van der Waals surface area contributed by atoms with Gasteiger partial charge in [-0.05, 0) is 17.7 Å². The van der Waals surface area contributed by atoms with Crippen LogP contribution >= 0.6 is 11.6 Å². The summed E-state index contributed by atoms with van der Waals surface area (Å²) in [7, 11) is 0. The van der Waals surface area contributed by atoms with Crippen molar-refractivity contribution >= 4 is 28.3 Å². The fraction of sp³-hybridized carbons (Fsp3) is 0. The molecule has 0 fully saturated rings. The fourth-order valence-corrected chi connectivity index (χ4v) is 1.23. The van der Waals surface area contributed by atoms with Crippen LogP contribution in [-0.4, -0.2) is 9.97 Å². The third-order valence-corrected chi connectivity index (χ3v) is 1.84. The monoisotopic (exact) mass is 205 g/mol. The normalized spacial score (nSPS) is 9.79. The maximum absolute atomic E-state index is 8.24. The largest absolute Gasteiger partial charge is 0.251 e. The molecule has 0 saturated heterocycles. The van der Waals surface area contributed by atoms with Gasteiger partial charge >= 0.3 is 0 Å². The maximum Gasteiger partial charge on any atom is 0.148 e. The Balaban J connectivity index is 2.69. The summed E-state index contributed by atoms with van der Waals surface area (Å²) in [6, 6.07) is 5.03. The summed E-state index contributed by atoms with van der Waals surface area (Å²) in [5.74, 6) is 0. The minimum Gasteiger partial charge on any atom is -0.251 e. The quantitative estimate of drug-likeness (QED) is 0.407. The smallest absolute Gasteiger partial charge is 0.148 e. The zero-order valence-corrected chi connectivity index (χ0v) is 7.68. The summed E-state index contributed by atoms with van der Waals surface area (Å²) in [6.07, 6.45) is 1.47. The highest BCUT2D eigenvalue weighted by atomic mass is 35.5. The lowest BCUT2D eigenvalue weighted by Gasteiger charge is -1.97. The average Bonchev–Trinajstić information content (AvgIpc) is 2.17. The summed E-state index contributed by atoms with van der Waals surface area (Å²) in [5, 5.41) is 3.77. The molecule has 1 heterocycles. The molecule has 2 aromatic rings. The summed E-state index contributed by atoms with van der Waals surface area (Å²) in [5.41, 5.74) is 10.1. The SMILES string of the molecule is [N-]=[N+]=Nc1ccc2ncc(Cl)nc2c1. The molecular formula is C8H4ClN5. The second-order valence-corrected chi connectivity index (χ2v) is 2.94. The molecule has 0 aliphatic carbocycles. The van der Waals surface area contributed by atoms with Gasteiger partial charge in [0.1, 0.15) is 5.15 Å². The second kappa shape index (κ2) is 3.49. The molecule has 0 amide bonds. The van der Waals surface area contributed by atoms with E-state index in [0.717, 1.165) is 0 Å². The Labute approximate surface area is 84.0 Å². The Bertz CT molecular complexity index is 532. The third kappa shape index (κ3) is 1.59. The van der Waals surface area contributed by atoms with E-state index in [1.165, 1.54) is 6.20 Å². The van der Waals surface area contributed by atoms with Crippen LogP contribution in [0.2, 0.25) is 5.15 Å². The fourth-order valence-electron chi connectivity index (χ4n) is 1.09. The van der Waals surface area contributed by atoms with E-state index in [-0.39, 0.29) is 0 Å². The number of rotatable bonds is 1. The predicted molar refractivity (Wildman–Crippen MR) is 53.4 cm³/mol. The van der Waals surface area contributed by atoms with Gasteiger partial charge in [-0.25, -0.2) is 4.98 Å². The molecule has 0 radical (unpaired) electrons. The number of aromatic nitrogens is 2. The highest BCUT2D eigenvalue weighted by molar-refractivity contribution is 6.29. The van der Waals surface area contributed by atoms with Crippen LogP contribution in [0.15, 0.2) is 29.5 Å². The van der Waals surface area contributed by atoms with E-state index in [9.17, 15) is 0 Å². The molecule has 5 nitrogen and oxygen atoms in total. The Morgan fingerprint density at radius 2 is 2.21 bits per heavy atom. The number of azide groups is 1. The lowest BCUT2D eigenvalue weighted by atomic mass is 10.3. The first kappa shape index (κ1) is 8.74. The summed E-state index contributed by atoms with van der Waals surface area (Å²) in [6.45, 7) is 0. The van der Waals surface area contributed by atoms with Gasteiger partial charge in [-0.2, -0.15) is 0 Å². The number of hydrogen-bond acceptors (Lipinski definition) is 3. The van der Waals surface area contributed by atoms with Crippen molar-refractivity contribution < 1.29 is 0 Å². The molecule has 1 aromatic carbocycles. The van der Waals surface area contributed by atoms with Crippen LogP contribution in [0, 0.1) is 0 Å². The van der Waals surface area contributed by atoms with Gasteiger partial charge in [0, 0.05) is 10.6 Å². The van der Waals surface area contributed by atoms with Crippen molar-refractivity contribution in [3.8, 4) is 0 Å². The molecule has 0 aliphatic heterocycles. The van der Waals surface area contributed by atoms with Crippen molar-refractivity contribution in [2.24, 2.45) is 5.11 Å². The first-order valence-corrected chi connectivity index (χ1v) is 4.15. The van der Waals surface area contributed by atoms with E-state index in [4.69, 9.17) is 17.1 Å². The highest BCUT2D eigenvalue weighted by Gasteiger charge is 1.98. The molecule has 2 rings (SSSR count). The number of nitrogens with zero attached hydrogens (tertiary/aromatic N) is 5. The Kier molecular flexibility index (Phi) is 2.18. The van der Waals surface area contributed by atoms with Crippen LogP contribution in [0.5, 0.6) is 0 Å². The van der Waals surface area contributed by atoms with Gasteiger partial charge in [0.05, 0.1) is 17.2 Å². The number of benzene rings is 1. The molecule has 1 aromatic heterocycles. The molecule has 0 atom stereocenters. The van der Waals surface area contributed by atoms with Crippen molar-refractivity contribution in [3.05, 3.63) is 40.0 Å². The van der Waals surface area contributed by atoms with Crippen LogP contribution in [-0.2, 0) is 0 Å². The van der Waals surface area contributed by atoms with Gasteiger partial charge in [-0.15, -0.1) is 0 Å². The first-order chi connectivity index (χ1) is 6.79. The number of fused-ring (bicyclic) bond motifs is 1. The van der Waals surface area contributed by atoms with Crippen molar-refractivity contribution in [3.63, 3.8) is 0 Å². The van der Waals surface area contributed by atoms with Gasteiger partial charge in [-0.3, -0.25) is 4.98 Å². The van der Waals surface area contributed by atoms with Gasteiger partial charge in [0.15, 0.2) is 0 Å². The van der Waals surface area contributed by atoms with Crippen LogP contribution in [0.3, 0.4) is 0 Å². The molecule has 0 N–H and O–H groups in total. The van der Waals surface area contributed by atoms with E-state index in [0.29, 0.717) is 21.9 Å². The molecule has 0 aliphatic rings. The van der Waals surface area contributed by atoms with E-state index < -0.39 is 0 Å². The zero-order valence-electron chi connectivity index (χ0n) is 6.92. The highest BCUT2D eigenvalue weighted by Crippen LogP contribution is 2.19. The Morgan fingerprint density at radius 3 is 3.00 bits per heavy atom. The van der Waals surface area contributed by atoms with E-state index >= 15 is 0 Å². The summed E-state index contributed by atoms with van der Waals surface area (Å²) in [4.78, 5) is 10.8. The maximum atomic E-state index is 8.24. The van der Waals surface area contributed by atoms with Gasteiger partial charge < -0.3 is 0 Å². The molecule has 0 saturated carbocycles. The molecule has 0 bridgehead atoms. The topological polar surface area (TPSA) is 74.5 Å². The first-order valence-electron chi connectivity index (χ1n) is 3.77. The van der Waals surface area contributed by atoms with E-state index in [1.54, 1.807) is 18.2 Å². The van der Waals surface area contributed by atoms with Crippen molar-refractivity contribution in [2.75, 3.05) is 0 Å². The van der Waals surface area contributed by atoms with E-state index in [2.05, 4.69) is 20.0 Å². The van der Waals surface area contributed by atoms with Gasteiger partial charge in [0.2, 0.25) is 0 Å². The zero-order chi connectivity index (χ0) is 9.97. The lowest BCUT2D eigenvalue weighted by molar-refractivity contribution is 1.29. The molecule has 0 spiro atoms. The second-order valence-electron chi connectivity index (χ2n) is 2.56. The molecule has 6 heteroatoms. The van der Waals surface area contributed by atoms with Crippen LogP contribution < -0.4 is 0 Å². The minimum atomic E-state index is 0.315. The predicted octanol–water partition coefficient (Wildman–Crippen LogP) is 3.23. The van der Waals surface area contributed by atoms with Crippen LogP contribution in [0.25, 0.3) is 21.5 Å². The molecule has 14 heavy (non-hydrogen) atoms. The summed E-state index contributed by atoms with van der Waals surface area (Å²) < 4.78 is 0. The van der Waals surface area contributed by atoms with Crippen molar-refractivity contribution in [1.29, 1.82) is 0 Å². The van der Waals surface area contributed by atoms with Crippen molar-refractivity contribution in [2.45, 2.75) is 0 Å². The molecule has 68 valence electrons. The van der Waals surface area contributed by atoms with Crippen LogP contribution in [0.1, 0.15) is 0 Å². The standard InChI is InChI=1S/C8H4ClN5/c9-8-4-11-6-2-1-5(13-14-10)3-7(6)12-8/h1-4H. The molecular weight excluding hydrogens is 202 g/mol.